The Bertz CT molecular complexity index is 1010. The largest absolute Gasteiger partial charge is 0.464 e. The number of hydrogen-bond acceptors (Lipinski definition) is 9. The Kier molecular flexibility index (Phi) is 12.3. The molecule has 0 bridgehead atoms. The number of ether oxygens (including phenoxy) is 5. The van der Waals surface area contributed by atoms with E-state index in [4.69, 9.17) is 23.7 Å². The molecule has 0 aromatic heterocycles. The van der Waals surface area contributed by atoms with Gasteiger partial charge in [-0.2, -0.15) is 0 Å². The van der Waals surface area contributed by atoms with Crippen LogP contribution < -0.4 is 4.74 Å². The molecule has 0 aliphatic rings. The zero-order chi connectivity index (χ0) is 27.1. The lowest BCUT2D eigenvalue weighted by atomic mass is 9.96. The van der Waals surface area contributed by atoms with E-state index in [1.54, 1.807) is 6.92 Å². The summed E-state index contributed by atoms with van der Waals surface area (Å²) >= 11 is 0. The normalized spacial score (nSPS) is 12.1. The number of carbonyl (C=O) groups excluding carboxylic acids is 3. The van der Waals surface area contributed by atoms with Crippen LogP contribution in [0.2, 0.25) is 0 Å². The molecule has 0 fully saturated rings. The van der Waals surface area contributed by atoms with Crippen LogP contribution in [0.3, 0.4) is 0 Å². The number of esters is 3. The Labute approximate surface area is 216 Å². The molecule has 0 saturated carbocycles. The summed E-state index contributed by atoms with van der Waals surface area (Å²) in [5.41, 5.74) is -2.06. The summed E-state index contributed by atoms with van der Waals surface area (Å²) in [4.78, 5) is 37.5. The fourth-order valence-electron chi connectivity index (χ4n) is 3.28. The van der Waals surface area contributed by atoms with Crippen LogP contribution in [0.5, 0.6) is 11.5 Å². The van der Waals surface area contributed by atoms with E-state index < -0.39 is 29.6 Å². The summed E-state index contributed by atoms with van der Waals surface area (Å²) in [6, 6.07) is 17.0. The number of rotatable bonds is 15. The predicted octanol–water partition coefficient (Wildman–Crippen LogP) is 4.08. The maximum Gasteiger partial charge on any atom is 0.353 e. The van der Waals surface area contributed by atoms with E-state index in [9.17, 15) is 19.5 Å². The third kappa shape index (κ3) is 8.73. The van der Waals surface area contributed by atoms with Gasteiger partial charge in [-0.1, -0.05) is 42.5 Å². The first-order valence-electron chi connectivity index (χ1n) is 12.2. The van der Waals surface area contributed by atoms with Crippen molar-refractivity contribution in [3.8, 4) is 11.5 Å². The molecule has 0 heterocycles. The number of para-hydroxylation sites is 1. The maximum atomic E-state index is 12.5. The van der Waals surface area contributed by atoms with Gasteiger partial charge in [-0.25, -0.2) is 14.4 Å². The van der Waals surface area contributed by atoms with Crippen molar-refractivity contribution in [2.45, 2.75) is 45.3 Å². The minimum Gasteiger partial charge on any atom is -0.464 e. The van der Waals surface area contributed by atoms with Crippen LogP contribution >= 0.6 is 0 Å². The van der Waals surface area contributed by atoms with Gasteiger partial charge in [0.2, 0.25) is 6.10 Å². The summed E-state index contributed by atoms with van der Waals surface area (Å²) in [6.45, 7) is 4.20. The van der Waals surface area contributed by atoms with E-state index in [-0.39, 0.29) is 26.4 Å². The molecule has 2 aromatic rings. The van der Waals surface area contributed by atoms with Crippen molar-refractivity contribution in [2.75, 3.05) is 26.4 Å². The molecular weight excluding hydrogens is 480 g/mol. The Hall–Kier alpha value is -3.69. The lowest BCUT2D eigenvalue weighted by Crippen LogP contribution is -2.61. The van der Waals surface area contributed by atoms with E-state index in [0.29, 0.717) is 18.6 Å². The van der Waals surface area contributed by atoms with Gasteiger partial charge in [-0.15, -0.1) is 0 Å². The van der Waals surface area contributed by atoms with Crippen LogP contribution in [-0.2, 0) is 33.3 Å². The molecule has 9 heteroatoms. The van der Waals surface area contributed by atoms with Crippen LogP contribution in [0.15, 0.2) is 60.7 Å². The molecule has 0 saturated heterocycles. The van der Waals surface area contributed by atoms with Gasteiger partial charge in [-0.05, 0) is 63.4 Å². The minimum atomic E-state index is -2.99. The highest BCUT2D eigenvalue weighted by atomic mass is 16.6. The standard InChI is InChI=1S/C28H34O9/c1-4-33-25(29)24(28(32,26(30)34-5-2)27(31)35-6-3)36-19-12-8-9-14-21-15-13-18-23(20-21)37-22-16-10-7-11-17-22/h7,9-11,13-18,20,24,32H,4-6,8,12,19H2,1-3H3. The van der Waals surface area contributed by atoms with E-state index in [1.165, 1.54) is 13.8 Å². The van der Waals surface area contributed by atoms with Crippen LogP contribution in [0.25, 0.3) is 6.08 Å². The van der Waals surface area contributed by atoms with Crippen LogP contribution in [0.4, 0.5) is 0 Å². The fourth-order valence-corrected chi connectivity index (χ4v) is 3.28. The van der Waals surface area contributed by atoms with Gasteiger partial charge >= 0.3 is 17.9 Å². The molecule has 0 spiro atoms. The smallest absolute Gasteiger partial charge is 0.353 e. The van der Waals surface area contributed by atoms with Gasteiger partial charge < -0.3 is 28.8 Å². The number of allylic oxidation sites excluding steroid dienone is 1. The number of unbranched alkanes of at least 4 members (excludes halogenated alkanes) is 1. The van der Waals surface area contributed by atoms with E-state index in [0.717, 1.165) is 11.3 Å². The molecule has 200 valence electrons. The van der Waals surface area contributed by atoms with Crippen LogP contribution in [0.1, 0.15) is 39.2 Å². The SMILES string of the molecule is CCOC(=O)C(OCCCC=Cc1cccc(Oc2ccccc2)c1)C(O)(C(=O)OCC)C(=O)OCC. The second-order valence-corrected chi connectivity index (χ2v) is 7.74. The van der Waals surface area contributed by atoms with Gasteiger partial charge in [0.15, 0.2) is 0 Å². The summed E-state index contributed by atoms with van der Waals surface area (Å²) in [7, 11) is 0. The van der Waals surface area contributed by atoms with Gasteiger partial charge in [0.25, 0.3) is 5.60 Å². The van der Waals surface area contributed by atoms with Crippen molar-refractivity contribution < 1.29 is 43.2 Å². The average Bonchev–Trinajstić information content (AvgIpc) is 2.89. The van der Waals surface area contributed by atoms with Crippen LogP contribution in [-0.4, -0.2) is 61.1 Å². The number of aliphatic hydroxyl groups is 1. The lowest BCUT2D eigenvalue weighted by Gasteiger charge is -2.30. The minimum absolute atomic E-state index is 0.0454. The molecule has 37 heavy (non-hydrogen) atoms. The van der Waals surface area contributed by atoms with Crippen molar-refractivity contribution in [1.82, 2.24) is 0 Å². The van der Waals surface area contributed by atoms with Gasteiger partial charge in [0.05, 0.1) is 19.8 Å². The molecule has 0 radical (unpaired) electrons. The zero-order valence-electron chi connectivity index (χ0n) is 21.4. The highest BCUT2D eigenvalue weighted by Gasteiger charge is 2.58. The fraction of sp³-hybridized carbons (Fsp3) is 0.393. The second kappa shape index (κ2) is 15.4. The lowest BCUT2D eigenvalue weighted by molar-refractivity contribution is -0.208. The summed E-state index contributed by atoms with van der Waals surface area (Å²) in [6.07, 6.45) is 2.85. The first-order chi connectivity index (χ1) is 17.9. The van der Waals surface area contributed by atoms with E-state index in [2.05, 4.69) is 0 Å². The number of carbonyl (C=O) groups is 3. The Balaban J connectivity index is 2.01. The van der Waals surface area contributed by atoms with Gasteiger partial charge in [0, 0.05) is 6.61 Å². The molecule has 1 atom stereocenters. The second-order valence-electron chi connectivity index (χ2n) is 7.74. The van der Waals surface area contributed by atoms with E-state index >= 15 is 0 Å². The molecule has 1 unspecified atom stereocenters. The van der Waals surface area contributed by atoms with Crippen LogP contribution in [0, 0.1) is 0 Å². The monoisotopic (exact) mass is 514 g/mol. The third-order valence-electron chi connectivity index (χ3n) is 5.00. The van der Waals surface area contributed by atoms with Gasteiger partial charge in [-0.3, -0.25) is 0 Å². The molecule has 0 aliphatic carbocycles. The summed E-state index contributed by atoms with van der Waals surface area (Å²) in [5, 5.41) is 10.9. The summed E-state index contributed by atoms with van der Waals surface area (Å²) < 4.78 is 25.9. The molecule has 0 aliphatic heterocycles. The van der Waals surface area contributed by atoms with Crippen molar-refractivity contribution >= 4 is 24.0 Å². The molecular formula is C28H34O9. The van der Waals surface area contributed by atoms with Crippen molar-refractivity contribution in [3.63, 3.8) is 0 Å². The number of benzene rings is 2. The molecule has 1 N–H and O–H groups in total. The Morgan fingerprint density at radius 1 is 0.865 bits per heavy atom. The van der Waals surface area contributed by atoms with Gasteiger partial charge in [0.1, 0.15) is 11.5 Å². The number of hydrogen-bond donors (Lipinski definition) is 1. The molecule has 9 nitrogen and oxygen atoms in total. The highest BCUT2D eigenvalue weighted by molar-refractivity contribution is 6.08. The van der Waals surface area contributed by atoms with Crippen molar-refractivity contribution in [1.29, 1.82) is 0 Å². The topological polar surface area (TPSA) is 118 Å². The Morgan fingerprint density at radius 2 is 1.49 bits per heavy atom. The quantitative estimate of drug-likeness (QED) is 0.162. The Morgan fingerprint density at radius 3 is 2.11 bits per heavy atom. The predicted molar refractivity (Wildman–Crippen MR) is 136 cm³/mol. The maximum absolute atomic E-state index is 12.5. The highest BCUT2D eigenvalue weighted by Crippen LogP contribution is 2.23. The first-order valence-corrected chi connectivity index (χ1v) is 12.2. The average molecular weight is 515 g/mol. The van der Waals surface area contributed by atoms with E-state index in [1.807, 2.05) is 66.7 Å². The van der Waals surface area contributed by atoms with Crippen molar-refractivity contribution in [3.05, 3.63) is 66.2 Å². The zero-order valence-corrected chi connectivity index (χ0v) is 21.4. The summed E-state index contributed by atoms with van der Waals surface area (Å²) in [5.74, 6) is -2.32. The first kappa shape index (κ1) is 29.5. The molecule has 2 aromatic carbocycles. The third-order valence-corrected chi connectivity index (χ3v) is 5.00. The van der Waals surface area contributed by atoms with Crippen molar-refractivity contribution in [2.24, 2.45) is 0 Å². The molecule has 0 amide bonds. The molecule has 2 rings (SSSR count).